The van der Waals surface area contributed by atoms with E-state index in [0.29, 0.717) is 13.2 Å². The van der Waals surface area contributed by atoms with Crippen LogP contribution in [0.15, 0.2) is 40.9 Å². The van der Waals surface area contributed by atoms with E-state index in [1.807, 2.05) is 36.4 Å². The summed E-state index contributed by atoms with van der Waals surface area (Å²) in [5.41, 5.74) is 6.63. The van der Waals surface area contributed by atoms with Crippen LogP contribution in [0.1, 0.15) is 0 Å². The van der Waals surface area contributed by atoms with Gasteiger partial charge in [-0.25, -0.2) is 0 Å². The number of carbonyl (C=O) groups excluding carboxylic acids is 1. The van der Waals surface area contributed by atoms with E-state index in [-0.39, 0.29) is 17.9 Å². The average molecular weight is 335 g/mol. The first-order valence-corrected chi connectivity index (χ1v) is 7.26. The number of fused-ring (bicyclic) bond motifs is 1. The van der Waals surface area contributed by atoms with Crippen LogP contribution in [0, 0.1) is 5.92 Å². The smallest absolute Gasteiger partial charge is 0.231 e. The minimum absolute atomic E-state index is 0.0774. The van der Waals surface area contributed by atoms with Crippen LogP contribution in [-0.4, -0.2) is 25.2 Å². The second-order valence-electron chi connectivity index (χ2n) is 5.00. The molecule has 4 nitrogen and oxygen atoms in total. The van der Waals surface area contributed by atoms with Crippen LogP contribution in [-0.2, 0) is 9.53 Å². The maximum Gasteiger partial charge on any atom is 0.231 e. The molecule has 1 aliphatic heterocycles. The van der Waals surface area contributed by atoms with Crippen molar-refractivity contribution in [2.24, 2.45) is 11.7 Å². The summed E-state index contributed by atoms with van der Waals surface area (Å²) < 4.78 is 6.26. The van der Waals surface area contributed by atoms with Crippen LogP contribution in [0.25, 0.3) is 10.8 Å². The van der Waals surface area contributed by atoms with Gasteiger partial charge in [-0.05, 0) is 35.0 Å². The summed E-state index contributed by atoms with van der Waals surface area (Å²) >= 11 is 3.44. The van der Waals surface area contributed by atoms with Gasteiger partial charge >= 0.3 is 0 Å². The van der Waals surface area contributed by atoms with E-state index in [0.717, 1.165) is 20.9 Å². The minimum atomic E-state index is -0.268. The Balaban J connectivity index is 1.80. The molecule has 0 aromatic heterocycles. The van der Waals surface area contributed by atoms with E-state index in [2.05, 4.69) is 21.2 Å². The van der Waals surface area contributed by atoms with Crippen LogP contribution < -0.4 is 11.1 Å². The van der Waals surface area contributed by atoms with Crippen molar-refractivity contribution in [1.29, 1.82) is 0 Å². The zero-order valence-electron chi connectivity index (χ0n) is 10.8. The van der Waals surface area contributed by atoms with Gasteiger partial charge in [0, 0.05) is 16.2 Å². The maximum atomic E-state index is 12.1. The van der Waals surface area contributed by atoms with Crippen LogP contribution >= 0.6 is 15.9 Å². The van der Waals surface area contributed by atoms with E-state index in [9.17, 15) is 4.79 Å². The average Bonchev–Trinajstić information content (AvgIpc) is 2.85. The summed E-state index contributed by atoms with van der Waals surface area (Å²) in [6.45, 7) is 0.845. The Morgan fingerprint density at radius 3 is 2.70 bits per heavy atom. The molecule has 0 bridgehead atoms. The molecule has 2 unspecified atom stereocenters. The lowest BCUT2D eigenvalue weighted by molar-refractivity contribution is -0.120. The standard InChI is InChI=1S/C15H15BrN2O2/c16-11-3-1-10-6-12(4-2-9(10)5-11)18-15(19)13-7-20-8-14(13)17/h1-6,13-14H,7-8,17H2,(H,18,19). The molecule has 0 saturated carbocycles. The molecule has 2 aromatic carbocycles. The number of hydrogen-bond donors (Lipinski definition) is 2. The number of carbonyl (C=O) groups is 1. The molecule has 2 aromatic rings. The molecule has 1 amide bonds. The van der Waals surface area contributed by atoms with E-state index >= 15 is 0 Å². The van der Waals surface area contributed by atoms with Gasteiger partial charge in [-0.1, -0.05) is 28.1 Å². The molecule has 1 heterocycles. The molecule has 0 spiro atoms. The summed E-state index contributed by atoms with van der Waals surface area (Å²) in [4.78, 5) is 12.1. The number of nitrogens with two attached hydrogens (primary N) is 1. The number of halogens is 1. The number of ether oxygens (including phenoxy) is 1. The second-order valence-corrected chi connectivity index (χ2v) is 5.92. The monoisotopic (exact) mass is 334 g/mol. The van der Waals surface area contributed by atoms with E-state index in [1.165, 1.54) is 0 Å². The second kappa shape index (κ2) is 5.52. The van der Waals surface area contributed by atoms with Gasteiger partial charge in [0.1, 0.15) is 0 Å². The van der Waals surface area contributed by atoms with Crippen molar-refractivity contribution in [2.75, 3.05) is 18.5 Å². The van der Waals surface area contributed by atoms with Gasteiger partial charge in [0.05, 0.1) is 19.1 Å². The number of anilines is 1. The van der Waals surface area contributed by atoms with Crippen LogP contribution in [0.2, 0.25) is 0 Å². The quantitative estimate of drug-likeness (QED) is 0.886. The topological polar surface area (TPSA) is 64.3 Å². The predicted molar refractivity (Wildman–Crippen MR) is 82.6 cm³/mol. The van der Waals surface area contributed by atoms with Gasteiger partial charge in [0.2, 0.25) is 5.91 Å². The van der Waals surface area contributed by atoms with E-state index in [1.54, 1.807) is 0 Å². The first kappa shape index (κ1) is 13.5. The van der Waals surface area contributed by atoms with E-state index in [4.69, 9.17) is 10.5 Å². The number of hydrogen-bond acceptors (Lipinski definition) is 3. The van der Waals surface area contributed by atoms with Crippen LogP contribution in [0.5, 0.6) is 0 Å². The van der Waals surface area contributed by atoms with Gasteiger partial charge in [0.15, 0.2) is 0 Å². The fourth-order valence-corrected chi connectivity index (χ4v) is 2.75. The van der Waals surface area contributed by atoms with Crippen molar-refractivity contribution in [3.05, 3.63) is 40.9 Å². The van der Waals surface area contributed by atoms with E-state index < -0.39 is 0 Å². The van der Waals surface area contributed by atoms with Gasteiger partial charge in [-0.15, -0.1) is 0 Å². The highest BCUT2D eigenvalue weighted by molar-refractivity contribution is 9.10. The van der Waals surface area contributed by atoms with Crippen molar-refractivity contribution in [1.82, 2.24) is 0 Å². The number of amides is 1. The maximum absolute atomic E-state index is 12.1. The summed E-state index contributed by atoms with van der Waals surface area (Å²) in [5.74, 6) is -0.345. The Labute approximate surface area is 125 Å². The Morgan fingerprint density at radius 1 is 1.20 bits per heavy atom. The first-order valence-electron chi connectivity index (χ1n) is 6.47. The minimum Gasteiger partial charge on any atom is -0.379 e. The first-order chi connectivity index (χ1) is 9.63. The van der Waals surface area contributed by atoms with Crippen LogP contribution in [0.4, 0.5) is 5.69 Å². The van der Waals surface area contributed by atoms with Crippen molar-refractivity contribution in [3.8, 4) is 0 Å². The molecule has 1 aliphatic rings. The van der Waals surface area contributed by atoms with Crippen molar-refractivity contribution < 1.29 is 9.53 Å². The summed E-state index contributed by atoms with van der Waals surface area (Å²) in [5, 5.41) is 5.12. The number of benzene rings is 2. The zero-order valence-corrected chi connectivity index (χ0v) is 12.4. The largest absolute Gasteiger partial charge is 0.379 e. The van der Waals surface area contributed by atoms with Gasteiger partial charge < -0.3 is 15.8 Å². The molecule has 2 atom stereocenters. The molecule has 20 heavy (non-hydrogen) atoms. The molecule has 3 N–H and O–H groups in total. The SMILES string of the molecule is NC1COCC1C(=O)Nc1ccc2cc(Br)ccc2c1. The molecule has 5 heteroatoms. The van der Waals surface area contributed by atoms with Gasteiger partial charge in [-0.3, -0.25) is 4.79 Å². The lowest BCUT2D eigenvalue weighted by Crippen LogP contribution is -2.37. The van der Waals surface area contributed by atoms with Gasteiger partial charge in [-0.2, -0.15) is 0 Å². The molecular weight excluding hydrogens is 320 g/mol. The summed E-state index contributed by atoms with van der Waals surface area (Å²) in [6.07, 6.45) is 0. The Morgan fingerprint density at radius 2 is 1.95 bits per heavy atom. The molecule has 3 rings (SSSR count). The third kappa shape index (κ3) is 2.70. The molecule has 104 valence electrons. The fraction of sp³-hybridized carbons (Fsp3) is 0.267. The molecule has 1 saturated heterocycles. The molecule has 1 fully saturated rings. The van der Waals surface area contributed by atoms with Crippen LogP contribution in [0.3, 0.4) is 0 Å². The third-order valence-corrected chi connectivity index (χ3v) is 4.02. The normalized spacial score (nSPS) is 22.1. The molecule has 0 aliphatic carbocycles. The molecule has 0 radical (unpaired) electrons. The van der Waals surface area contributed by atoms with Crippen molar-refractivity contribution >= 4 is 38.3 Å². The summed E-state index contributed by atoms with van der Waals surface area (Å²) in [6, 6.07) is 11.7. The highest BCUT2D eigenvalue weighted by Crippen LogP contribution is 2.23. The third-order valence-electron chi connectivity index (χ3n) is 3.53. The number of rotatable bonds is 2. The highest BCUT2D eigenvalue weighted by atomic mass is 79.9. The summed E-state index contributed by atoms with van der Waals surface area (Å²) in [7, 11) is 0. The Kier molecular flexibility index (Phi) is 3.74. The predicted octanol–water partition coefficient (Wildman–Crippen LogP) is 2.51. The lowest BCUT2D eigenvalue weighted by Gasteiger charge is -2.13. The Bertz CT molecular complexity index is 659. The number of nitrogens with one attached hydrogen (secondary N) is 1. The lowest BCUT2D eigenvalue weighted by atomic mass is 10.0. The van der Waals surface area contributed by atoms with Gasteiger partial charge in [0.25, 0.3) is 0 Å². The zero-order chi connectivity index (χ0) is 14.1. The molecular formula is C15H15BrN2O2. The fourth-order valence-electron chi connectivity index (χ4n) is 2.37. The van der Waals surface area contributed by atoms with Crippen molar-refractivity contribution in [3.63, 3.8) is 0 Å². The highest BCUT2D eigenvalue weighted by Gasteiger charge is 2.31. The van der Waals surface area contributed by atoms with Crippen molar-refractivity contribution in [2.45, 2.75) is 6.04 Å². The Hall–Kier alpha value is -1.43.